The molecule has 202 valence electrons. The maximum atomic E-state index is 5.90. The van der Waals surface area contributed by atoms with Gasteiger partial charge in [0.15, 0.2) is 0 Å². The van der Waals surface area contributed by atoms with Gasteiger partial charge in [0.2, 0.25) is 0 Å². The van der Waals surface area contributed by atoms with Gasteiger partial charge in [-0.25, -0.2) is 5.73 Å². The third kappa shape index (κ3) is 7.33. The van der Waals surface area contributed by atoms with Crippen LogP contribution in [0.2, 0.25) is 0 Å². The molecule has 0 fully saturated rings. The Labute approximate surface area is 256 Å². The number of benzene rings is 2. The minimum absolute atomic E-state index is 0. The molecular formula is C36H28FeO2P2. The Morgan fingerprint density at radius 3 is 1.66 bits per heavy atom. The molecule has 0 N–H and O–H groups in total. The summed E-state index contributed by atoms with van der Waals surface area (Å²) in [6.07, 6.45) is 15.1. The van der Waals surface area contributed by atoms with Crippen LogP contribution in [0, 0.1) is 52.0 Å². The number of rotatable bonds is 7. The number of aryl methyl sites for hydroxylation is 4. The fourth-order valence-corrected chi connectivity index (χ4v) is 10.2. The Balaban J connectivity index is 0.000000584. The maximum absolute atomic E-state index is 5.90. The van der Waals surface area contributed by atoms with Crippen LogP contribution in [0.5, 0.6) is 0 Å². The van der Waals surface area contributed by atoms with Gasteiger partial charge in [-0.05, 0) is 76.2 Å². The summed E-state index contributed by atoms with van der Waals surface area (Å²) in [5, 5.41) is 3.85. The average Bonchev–Trinajstić information content (AvgIpc) is 3.74. The molecule has 4 aromatic rings. The van der Waals surface area contributed by atoms with Gasteiger partial charge in [-0.1, -0.05) is 65.6 Å². The van der Waals surface area contributed by atoms with Crippen LogP contribution in [-0.2, 0) is 17.1 Å². The van der Waals surface area contributed by atoms with E-state index in [2.05, 4.69) is 118 Å². The Morgan fingerprint density at radius 2 is 1.27 bits per heavy atom. The van der Waals surface area contributed by atoms with E-state index in [1.807, 2.05) is 24.3 Å². The third-order valence-electron chi connectivity index (χ3n) is 6.40. The van der Waals surface area contributed by atoms with Crippen molar-refractivity contribution in [3.63, 3.8) is 0 Å². The second-order valence-electron chi connectivity index (χ2n) is 9.74. The Kier molecular flexibility index (Phi) is 10.5. The van der Waals surface area contributed by atoms with Gasteiger partial charge in [0.1, 0.15) is 11.0 Å². The SMILES string of the molecule is Cc1cc(C)cc(P(c2cc(C)cc(C)c2)[C@@H](C)C2=[C][C-]=C=C2P(c2ccco2)c2ccco2)c1.[C]1=C=C=C=[C-]1.[Fe+2]. The van der Waals surface area contributed by atoms with Crippen molar-refractivity contribution in [1.82, 2.24) is 0 Å². The summed E-state index contributed by atoms with van der Waals surface area (Å²) in [6.45, 7) is 11.1. The van der Waals surface area contributed by atoms with Crippen LogP contribution < -0.4 is 21.6 Å². The van der Waals surface area contributed by atoms with Gasteiger partial charge in [-0.3, -0.25) is 17.2 Å². The zero-order valence-corrected chi connectivity index (χ0v) is 26.5. The van der Waals surface area contributed by atoms with Crippen LogP contribution in [0.25, 0.3) is 0 Å². The molecule has 2 heterocycles. The molecule has 2 aromatic heterocycles. The molecule has 2 aliphatic rings. The Morgan fingerprint density at radius 1 is 0.732 bits per heavy atom. The van der Waals surface area contributed by atoms with Gasteiger partial charge in [0.25, 0.3) is 0 Å². The van der Waals surface area contributed by atoms with Crippen molar-refractivity contribution < 1.29 is 25.9 Å². The molecule has 0 amide bonds. The molecule has 2 aromatic carbocycles. The third-order valence-corrected chi connectivity index (χ3v) is 11.2. The molecule has 6 rings (SSSR count). The van der Waals surface area contributed by atoms with Gasteiger partial charge >= 0.3 is 17.1 Å². The van der Waals surface area contributed by atoms with Crippen LogP contribution in [0.4, 0.5) is 0 Å². The summed E-state index contributed by atoms with van der Waals surface area (Å²) in [7, 11) is -1.72. The number of hydrogen-bond acceptors (Lipinski definition) is 2. The first-order chi connectivity index (χ1) is 19.4. The van der Waals surface area contributed by atoms with E-state index in [1.54, 1.807) is 12.5 Å². The molecule has 0 spiro atoms. The van der Waals surface area contributed by atoms with Crippen LogP contribution >= 0.6 is 15.8 Å². The summed E-state index contributed by atoms with van der Waals surface area (Å²) in [5.74, 6) is 0. The maximum Gasteiger partial charge on any atom is 2.00 e. The topological polar surface area (TPSA) is 26.3 Å². The van der Waals surface area contributed by atoms with Gasteiger partial charge in [-0.2, -0.15) is 11.6 Å². The van der Waals surface area contributed by atoms with Crippen molar-refractivity contribution in [3.8, 4) is 0 Å². The first-order valence-electron chi connectivity index (χ1n) is 13.0. The molecule has 0 unspecified atom stereocenters. The first-order valence-corrected chi connectivity index (χ1v) is 15.7. The predicted molar refractivity (Wildman–Crippen MR) is 165 cm³/mol. The minimum Gasteiger partial charge on any atom is -0.465 e. The van der Waals surface area contributed by atoms with E-state index in [9.17, 15) is 0 Å². The minimum atomic E-state index is -1.02. The van der Waals surface area contributed by atoms with Crippen molar-refractivity contribution in [2.75, 3.05) is 0 Å². The molecule has 2 nitrogen and oxygen atoms in total. The fraction of sp³-hybridized carbons (Fsp3) is 0.167. The van der Waals surface area contributed by atoms with Crippen LogP contribution in [-0.4, -0.2) is 5.66 Å². The molecule has 0 saturated carbocycles. The zero-order valence-electron chi connectivity index (χ0n) is 23.6. The normalized spacial score (nSPS) is 13.3. The summed E-state index contributed by atoms with van der Waals surface area (Å²) in [4.78, 5) is 0. The van der Waals surface area contributed by atoms with Crippen LogP contribution in [0.15, 0.2) is 116 Å². The summed E-state index contributed by atoms with van der Waals surface area (Å²) in [5.41, 5.74) is 19.2. The van der Waals surface area contributed by atoms with Gasteiger partial charge in [0.05, 0.1) is 12.5 Å². The second kappa shape index (κ2) is 14.1. The standard InChI is InChI=1S/C31H28O2P2.C5.Fe/c1-21-15-22(2)18-26(17-21)34(27-19-23(3)16-24(4)20-27)25(5)28-9-6-10-29(28)35(30-11-7-13-32-30)31-12-8-14-33-31;1-2-4-5-3-1;/h7-8,11-20,25H,1-5H3;;/q2*-1;+2/t25-;;/m0../s1. The van der Waals surface area contributed by atoms with Crippen molar-refractivity contribution >= 4 is 37.5 Å². The van der Waals surface area contributed by atoms with E-state index in [0.717, 1.165) is 21.9 Å². The van der Waals surface area contributed by atoms with E-state index in [4.69, 9.17) is 8.83 Å². The Bertz CT molecular complexity index is 1610. The molecule has 1 atom stereocenters. The summed E-state index contributed by atoms with van der Waals surface area (Å²) < 4.78 is 11.8. The molecule has 0 saturated heterocycles. The first kappa shape index (κ1) is 30.7. The van der Waals surface area contributed by atoms with Gasteiger partial charge in [0, 0.05) is 7.92 Å². The van der Waals surface area contributed by atoms with E-state index in [0.29, 0.717) is 0 Å². The van der Waals surface area contributed by atoms with Crippen molar-refractivity contribution in [2.24, 2.45) is 0 Å². The number of furan rings is 2. The van der Waals surface area contributed by atoms with E-state index >= 15 is 0 Å². The van der Waals surface area contributed by atoms with Crippen molar-refractivity contribution in [2.45, 2.75) is 40.3 Å². The van der Waals surface area contributed by atoms with Crippen molar-refractivity contribution in [1.29, 1.82) is 0 Å². The molecule has 0 bridgehead atoms. The van der Waals surface area contributed by atoms with Gasteiger partial charge < -0.3 is 8.83 Å². The summed E-state index contributed by atoms with van der Waals surface area (Å²) in [6, 6.07) is 21.8. The predicted octanol–water partition coefficient (Wildman–Crippen LogP) is 7.27. The van der Waals surface area contributed by atoms with Gasteiger partial charge in [-0.15, -0.1) is 23.5 Å². The summed E-state index contributed by atoms with van der Waals surface area (Å²) >= 11 is 0. The van der Waals surface area contributed by atoms with Crippen molar-refractivity contribution in [3.05, 3.63) is 154 Å². The van der Waals surface area contributed by atoms with E-state index in [-0.39, 0.29) is 22.7 Å². The monoisotopic (exact) mass is 610 g/mol. The average molecular weight is 610 g/mol. The van der Waals surface area contributed by atoms with E-state index in [1.165, 1.54) is 32.9 Å². The zero-order chi connectivity index (χ0) is 28.1. The quantitative estimate of drug-likeness (QED) is 0.0953. The number of allylic oxidation sites excluding steroid dienone is 5. The molecule has 5 heteroatoms. The molecule has 0 aliphatic heterocycles. The smallest absolute Gasteiger partial charge is 0.465 e. The Hall–Kier alpha value is -3.28. The van der Waals surface area contributed by atoms with Crippen LogP contribution in [0.3, 0.4) is 0 Å². The fourth-order valence-electron chi connectivity index (χ4n) is 4.95. The molecule has 2 radical (unpaired) electrons. The molecule has 2 aliphatic carbocycles. The second-order valence-corrected chi connectivity index (χ2v) is 14.3. The largest absolute Gasteiger partial charge is 2.00 e. The van der Waals surface area contributed by atoms with Crippen LogP contribution in [0.1, 0.15) is 29.2 Å². The molecular weight excluding hydrogens is 582 g/mol. The number of hydrogen-bond donors (Lipinski definition) is 0. The molecule has 41 heavy (non-hydrogen) atoms. The van der Waals surface area contributed by atoms with E-state index < -0.39 is 15.8 Å².